The summed E-state index contributed by atoms with van der Waals surface area (Å²) in [5.41, 5.74) is 5.54. The largest absolute Gasteiger partial charge is 0.354 e. The van der Waals surface area contributed by atoms with E-state index in [9.17, 15) is 4.79 Å². The molecule has 3 N–H and O–H groups in total. The third-order valence-electron chi connectivity index (χ3n) is 5.22. The normalized spacial score (nSPS) is 24.2. The first-order valence-corrected chi connectivity index (χ1v) is 7.82. The molecule has 0 aromatic heterocycles. The zero-order chi connectivity index (χ0) is 14.8. The van der Waals surface area contributed by atoms with Gasteiger partial charge in [-0.1, -0.05) is 6.42 Å². The number of hydrogen-bond donors (Lipinski definition) is 2. The molecule has 116 valence electrons. The summed E-state index contributed by atoms with van der Waals surface area (Å²) in [4.78, 5) is 17.2. The molecule has 1 amide bonds. The van der Waals surface area contributed by atoms with Crippen molar-refractivity contribution in [1.82, 2.24) is 15.1 Å². The van der Waals surface area contributed by atoms with Crippen molar-refractivity contribution in [3.63, 3.8) is 0 Å². The van der Waals surface area contributed by atoms with Gasteiger partial charge in [-0.3, -0.25) is 9.69 Å². The van der Waals surface area contributed by atoms with Gasteiger partial charge in [0.1, 0.15) is 0 Å². The van der Waals surface area contributed by atoms with E-state index in [0.29, 0.717) is 13.1 Å². The molecule has 5 nitrogen and oxygen atoms in total. The fourth-order valence-corrected chi connectivity index (χ4v) is 3.14. The highest BCUT2D eigenvalue weighted by Crippen LogP contribution is 2.40. The summed E-state index contributed by atoms with van der Waals surface area (Å²) >= 11 is 0. The first-order chi connectivity index (χ1) is 9.39. The van der Waals surface area contributed by atoms with Crippen molar-refractivity contribution in [3.05, 3.63) is 0 Å². The number of nitrogens with one attached hydrogen (secondary N) is 1. The fourth-order valence-electron chi connectivity index (χ4n) is 3.14. The molecule has 0 bridgehead atoms. The molecule has 0 radical (unpaired) electrons. The van der Waals surface area contributed by atoms with E-state index in [1.807, 2.05) is 0 Å². The lowest BCUT2D eigenvalue weighted by molar-refractivity contribution is -0.135. The maximum Gasteiger partial charge on any atom is 0.227 e. The van der Waals surface area contributed by atoms with Gasteiger partial charge in [0, 0.05) is 44.8 Å². The zero-order valence-corrected chi connectivity index (χ0v) is 13.2. The molecule has 0 aromatic carbocycles. The van der Waals surface area contributed by atoms with Gasteiger partial charge in [-0.15, -0.1) is 0 Å². The Bertz CT molecular complexity index is 338. The summed E-state index contributed by atoms with van der Waals surface area (Å²) in [6.07, 6.45) is 3.03. The summed E-state index contributed by atoms with van der Waals surface area (Å²) in [6, 6.07) is 0. The molecule has 0 spiro atoms. The molecule has 2 fully saturated rings. The highest BCUT2D eigenvalue weighted by Gasteiger charge is 2.43. The molecule has 1 saturated heterocycles. The number of rotatable bonds is 5. The molecule has 1 heterocycles. The van der Waals surface area contributed by atoms with E-state index in [0.717, 1.165) is 45.4 Å². The molecular formula is C15H30N4O. The molecule has 1 aliphatic carbocycles. The Hall–Kier alpha value is -0.650. The lowest BCUT2D eigenvalue weighted by Gasteiger charge is -2.45. The third-order valence-corrected chi connectivity index (χ3v) is 5.22. The van der Waals surface area contributed by atoms with Gasteiger partial charge in [0.25, 0.3) is 0 Å². The smallest absolute Gasteiger partial charge is 0.227 e. The minimum atomic E-state index is -0.266. The van der Waals surface area contributed by atoms with Gasteiger partial charge in [-0.2, -0.15) is 0 Å². The van der Waals surface area contributed by atoms with Crippen LogP contribution in [0.1, 0.15) is 33.1 Å². The number of amides is 1. The van der Waals surface area contributed by atoms with Crippen LogP contribution in [0.2, 0.25) is 0 Å². The molecule has 0 aromatic rings. The number of piperazine rings is 1. The van der Waals surface area contributed by atoms with E-state index in [1.165, 1.54) is 0 Å². The highest BCUT2D eigenvalue weighted by molar-refractivity contribution is 5.83. The Kier molecular flexibility index (Phi) is 4.72. The molecular weight excluding hydrogens is 252 g/mol. The zero-order valence-electron chi connectivity index (χ0n) is 13.2. The van der Waals surface area contributed by atoms with E-state index in [1.54, 1.807) is 0 Å². The minimum Gasteiger partial charge on any atom is -0.354 e. The van der Waals surface area contributed by atoms with Crippen molar-refractivity contribution in [1.29, 1.82) is 0 Å². The van der Waals surface area contributed by atoms with Crippen molar-refractivity contribution < 1.29 is 4.79 Å². The predicted molar refractivity (Wildman–Crippen MR) is 81.5 cm³/mol. The van der Waals surface area contributed by atoms with Gasteiger partial charge in [0.2, 0.25) is 5.91 Å². The van der Waals surface area contributed by atoms with Crippen molar-refractivity contribution >= 4 is 5.91 Å². The third kappa shape index (κ3) is 3.15. The van der Waals surface area contributed by atoms with Crippen LogP contribution in [-0.4, -0.2) is 67.6 Å². The second-order valence-corrected chi connectivity index (χ2v) is 7.12. The van der Waals surface area contributed by atoms with E-state index >= 15 is 0 Å². The first kappa shape index (κ1) is 15.7. The minimum absolute atomic E-state index is 0.0104. The Morgan fingerprint density at radius 2 is 1.85 bits per heavy atom. The summed E-state index contributed by atoms with van der Waals surface area (Å²) < 4.78 is 0. The Morgan fingerprint density at radius 3 is 2.30 bits per heavy atom. The molecule has 20 heavy (non-hydrogen) atoms. The number of hydrogen-bond acceptors (Lipinski definition) is 4. The number of likely N-dealkylation sites (N-methyl/N-ethyl adjacent to an activating group) is 1. The molecule has 2 rings (SSSR count). The van der Waals surface area contributed by atoms with Crippen molar-refractivity contribution in [3.8, 4) is 0 Å². The average molecular weight is 282 g/mol. The molecule has 5 heteroatoms. The number of nitrogens with zero attached hydrogens (tertiary/aromatic N) is 2. The van der Waals surface area contributed by atoms with E-state index in [-0.39, 0.29) is 16.9 Å². The summed E-state index contributed by atoms with van der Waals surface area (Å²) in [6.45, 7) is 9.96. The van der Waals surface area contributed by atoms with Gasteiger partial charge < -0.3 is 16.0 Å². The van der Waals surface area contributed by atoms with Crippen LogP contribution >= 0.6 is 0 Å². The van der Waals surface area contributed by atoms with Crippen molar-refractivity contribution in [2.45, 2.75) is 38.6 Å². The molecule has 1 aliphatic heterocycles. The second kappa shape index (κ2) is 6.00. The fraction of sp³-hybridized carbons (Fsp3) is 0.933. The monoisotopic (exact) mass is 282 g/mol. The van der Waals surface area contributed by atoms with Gasteiger partial charge in [0.05, 0.1) is 5.41 Å². The molecule has 0 atom stereocenters. The van der Waals surface area contributed by atoms with Crippen LogP contribution < -0.4 is 11.1 Å². The quantitative estimate of drug-likeness (QED) is 0.759. The van der Waals surface area contributed by atoms with Crippen LogP contribution in [0.4, 0.5) is 0 Å². The summed E-state index contributed by atoms with van der Waals surface area (Å²) in [5, 5.41) is 3.15. The SMILES string of the molecule is CN1CCN(C(C)(C)CNC(=O)C2(CN)CCC2)CC1. The van der Waals surface area contributed by atoms with E-state index in [4.69, 9.17) is 5.73 Å². The van der Waals surface area contributed by atoms with Gasteiger partial charge in [-0.25, -0.2) is 0 Å². The Balaban J connectivity index is 1.84. The lowest BCUT2D eigenvalue weighted by Crippen LogP contribution is -2.59. The number of carbonyl (C=O) groups excluding carboxylic acids is 1. The van der Waals surface area contributed by atoms with Crippen LogP contribution in [0.15, 0.2) is 0 Å². The lowest BCUT2D eigenvalue weighted by atomic mass is 9.68. The van der Waals surface area contributed by atoms with Crippen LogP contribution in [-0.2, 0) is 4.79 Å². The van der Waals surface area contributed by atoms with Gasteiger partial charge in [0.15, 0.2) is 0 Å². The molecule has 1 saturated carbocycles. The van der Waals surface area contributed by atoms with Gasteiger partial charge >= 0.3 is 0 Å². The summed E-state index contributed by atoms with van der Waals surface area (Å²) in [5.74, 6) is 0.161. The topological polar surface area (TPSA) is 61.6 Å². The maximum absolute atomic E-state index is 12.3. The summed E-state index contributed by atoms with van der Waals surface area (Å²) in [7, 11) is 2.16. The average Bonchev–Trinajstić information content (AvgIpc) is 2.36. The van der Waals surface area contributed by atoms with Gasteiger partial charge in [-0.05, 0) is 33.7 Å². The number of carbonyl (C=O) groups is 1. The van der Waals surface area contributed by atoms with E-state index < -0.39 is 0 Å². The Morgan fingerprint density at radius 1 is 1.25 bits per heavy atom. The highest BCUT2D eigenvalue weighted by atomic mass is 16.2. The standard InChI is InChI=1S/C15H30N4O/c1-14(2,19-9-7-18(3)8-10-19)12-17-13(20)15(11-16)5-4-6-15/h4-12,16H2,1-3H3,(H,17,20). The Labute approximate surface area is 122 Å². The van der Waals surface area contributed by atoms with Crippen LogP contribution in [0.25, 0.3) is 0 Å². The maximum atomic E-state index is 12.3. The van der Waals surface area contributed by atoms with Crippen molar-refractivity contribution in [2.75, 3.05) is 46.3 Å². The van der Waals surface area contributed by atoms with Crippen molar-refractivity contribution in [2.24, 2.45) is 11.1 Å². The van der Waals surface area contributed by atoms with Crippen LogP contribution in [0.5, 0.6) is 0 Å². The van der Waals surface area contributed by atoms with Crippen LogP contribution in [0, 0.1) is 5.41 Å². The number of nitrogens with two attached hydrogens (primary N) is 1. The second-order valence-electron chi connectivity index (χ2n) is 7.12. The molecule has 0 unspecified atom stereocenters. The van der Waals surface area contributed by atoms with E-state index in [2.05, 4.69) is 36.0 Å². The predicted octanol–water partition coefficient (Wildman–Crippen LogP) is 0.258. The first-order valence-electron chi connectivity index (χ1n) is 7.82. The molecule has 2 aliphatic rings. The van der Waals surface area contributed by atoms with Crippen LogP contribution in [0.3, 0.4) is 0 Å².